The Morgan fingerprint density at radius 3 is 1.36 bits per heavy atom. The Kier molecular flexibility index (Phi) is 8.88. The van der Waals surface area contributed by atoms with E-state index in [-0.39, 0.29) is 24.3 Å². The molecule has 3 rings (SSSR count). The van der Waals surface area contributed by atoms with Crippen LogP contribution in [0.15, 0.2) is 98.1 Å². The van der Waals surface area contributed by atoms with Crippen molar-refractivity contribution in [2.75, 3.05) is 23.8 Å². The highest BCUT2D eigenvalue weighted by Crippen LogP contribution is 2.16. The summed E-state index contributed by atoms with van der Waals surface area (Å²) < 4.78 is 9.94. The quantitative estimate of drug-likeness (QED) is 0.314. The van der Waals surface area contributed by atoms with E-state index in [1.165, 1.54) is 42.5 Å². The molecule has 0 heterocycles. The van der Waals surface area contributed by atoms with E-state index in [1.54, 1.807) is 42.5 Å². The van der Waals surface area contributed by atoms with E-state index in [2.05, 4.69) is 23.8 Å². The highest BCUT2D eigenvalue weighted by molar-refractivity contribution is 6.09. The zero-order valence-electron chi connectivity index (χ0n) is 19.4. The fourth-order valence-corrected chi connectivity index (χ4v) is 3.02. The van der Waals surface area contributed by atoms with Crippen molar-refractivity contribution < 1.29 is 28.7 Å². The summed E-state index contributed by atoms with van der Waals surface area (Å²) in [5.74, 6) is -1.83. The summed E-state index contributed by atoms with van der Waals surface area (Å²) in [5.41, 5.74) is 2.18. The van der Waals surface area contributed by atoms with Crippen molar-refractivity contribution in [3.05, 3.63) is 120 Å². The Bertz CT molecular complexity index is 1180. The number of carbonyl (C=O) groups excluding carboxylic acids is 4. The van der Waals surface area contributed by atoms with Crippen LogP contribution in [0.4, 0.5) is 11.4 Å². The van der Waals surface area contributed by atoms with Crippen LogP contribution in [0.2, 0.25) is 0 Å². The molecule has 0 aromatic heterocycles. The number of ether oxygens (including phenoxy) is 2. The van der Waals surface area contributed by atoms with Gasteiger partial charge in [0.1, 0.15) is 13.2 Å². The highest BCUT2D eigenvalue weighted by atomic mass is 16.5. The van der Waals surface area contributed by atoms with E-state index >= 15 is 0 Å². The van der Waals surface area contributed by atoms with Crippen molar-refractivity contribution in [1.29, 1.82) is 0 Å². The number of hydrogen-bond donors (Lipinski definition) is 2. The molecule has 0 unspecified atom stereocenters. The second-order valence-electron chi connectivity index (χ2n) is 7.42. The molecule has 0 aliphatic rings. The van der Waals surface area contributed by atoms with E-state index in [9.17, 15) is 19.2 Å². The summed E-state index contributed by atoms with van der Waals surface area (Å²) in [6.07, 6.45) is 2.95. The highest BCUT2D eigenvalue weighted by Gasteiger charge is 2.13. The van der Waals surface area contributed by atoms with Gasteiger partial charge in [-0.1, -0.05) is 31.4 Å². The lowest BCUT2D eigenvalue weighted by Crippen LogP contribution is -2.16. The average Bonchev–Trinajstić information content (AvgIpc) is 2.91. The molecule has 182 valence electrons. The van der Waals surface area contributed by atoms with Crippen molar-refractivity contribution >= 4 is 35.1 Å². The van der Waals surface area contributed by atoms with Gasteiger partial charge in [-0.15, -0.1) is 0 Å². The van der Waals surface area contributed by atoms with Gasteiger partial charge >= 0.3 is 11.9 Å². The fourth-order valence-electron chi connectivity index (χ4n) is 3.02. The van der Waals surface area contributed by atoms with Gasteiger partial charge < -0.3 is 20.1 Å². The molecule has 0 atom stereocenters. The number of esters is 2. The molecule has 0 aliphatic heterocycles. The molecule has 0 spiro atoms. The predicted molar refractivity (Wildman–Crippen MR) is 136 cm³/mol. The lowest BCUT2D eigenvalue weighted by Gasteiger charge is -2.09. The molecule has 0 saturated heterocycles. The molecule has 36 heavy (non-hydrogen) atoms. The molecule has 3 aromatic rings. The van der Waals surface area contributed by atoms with E-state index < -0.39 is 23.8 Å². The normalized spacial score (nSPS) is 10.0. The number of hydrogen-bond acceptors (Lipinski definition) is 6. The molecule has 0 fully saturated rings. The molecule has 0 bridgehead atoms. The molecule has 0 aliphatic carbocycles. The summed E-state index contributed by atoms with van der Waals surface area (Å²) in [4.78, 5) is 49.1. The first-order valence-corrected chi connectivity index (χ1v) is 10.9. The minimum absolute atomic E-state index is 0.108. The van der Waals surface area contributed by atoms with E-state index in [1.807, 2.05) is 0 Å². The Balaban J connectivity index is 1.62. The lowest BCUT2D eigenvalue weighted by atomic mass is 10.1. The third-order valence-corrected chi connectivity index (χ3v) is 4.81. The average molecular weight is 485 g/mol. The van der Waals surface area contributed by atoms with Gasteiger partial charge in [0.15, 0.2) is 0 Å². The van der Waals surface area contributed by atoms with Crippen molar-refractivity contribution in [3.63, 3.8) is 0 Å². The van der Waals surface area contributed by atoms with E-state index in [0.29, 0.717) is 22.5 Å². The second-order valence-corrected chi connectivity index (χ2v) is 7.42. The SMILES string of the molecule is C=CCOC(=O)c1ccc(NC(=O)c2cccc(C(=O)Nc3ccc(C(=O)OCC=C)cc3)c2)cc1. The fraction of sp³-hybridized carbons (Fsp3) is 0.0714. The maximum absolute atomic E-state index is 12.7. The summed E-state index contributed by atoms with van der Waals surface area (Å²) in [6.45, 7) is 7.20. The van der Waals surface area contributed by atoms with Crippen molar-refractivity contribution in [2.24, 2.45) is 0 Å². The Morgan fingerprint density at radius 2 is 1.00 bits per heavy atom. The summed E-state index contributed by atoms with van der Waals surface area (Å²) >= 11 is 0. The van der Waals surface area contributed by atoms with Crippen LogP contribution in [0.3, 0.4) is 0 Å². The number of carbonyl (C=O) groups is 4. The first kappa shape index (κ1) is 25.6. The van der Waals surface area contributed by atoms with Gasteiger partial charge in [-0.25, -0.2) is 9.59 Å². The zero-order chi connectivity index (χ0) is 25.9. The Hall–Kier alpha value is -4.98. The van der Waals surface area contributed by atoms with Gasteiger partial charge in [0.2, 0.25) is 0 Å². The van der Waals surface area contributed by atoms with Crippen molar-refractivity contribution in [1.82, 2.24) is 0 Å². The predicted octanol–water partition coefficient (Wildman–Crippen LogP) is 4.88. The molecule has 0 radical (unpaired) electrons. The van der Waals surface area contributed by atoms with Gasteiger partial charge in [0.25, 0.3) is 11.8 Å². The number of amides is 2. The van der Waals surface area contributed by atoms with Crippen LogP contribution < -0.4 is 10.6 Å². The van der Waals surface area contributed by atoms with Crippen LogP contribution in [0.5, 0.6) is 0 Å². The Morgan fingerprint density at radius 1 is 0.611 bits per heavy atom. The molecular weight excluding hydrogens is 460 g/mol. The Labute approximate surface area is 208 Å². The van der Waals surface area contributed by atoms with Gasteiger partial charge in [-0.3, -0.25) is 9.59 Å². The lowest BCUT2D eigenvalue weighted by molar-refractivity contribution is 0.0540. The van der Waals surface area contributed by atoms with Gasteiger partial charge in [-0.2, -0.15) is 0 Å². The summed E-state index contributed by atoms with van der Waals surface area (Å²) in [6, 6.07) is 18.7. The summed E-state index contributed by atoms with van der Waals surface area (Å²) in [5, 5.41) is 5.45. The van der Waals surface area contributed by atoms with E-state index in [0.717, 1.165) is 0 Å². The largest absolute Gasteiger partial charge is 0.458 e. The monoisotopic (exact) mass is 484 g/mol. The van der Waals surface area contributed by atoms with Crippen LogP contribution >= 0.6 is 0 Å². The van der Waals surface area contributed by atoms with Gasteiger partial charge in [0, 0.05) is 22.5 Å². The van der Waals surface area contributed by atoms with Crippen LogP contribution in [0.25, 0.3) is 0 Å². The van der Waals surface area contributed by atoms with Crippen LogP contribution in [0.1, 0.15) is 41.4 Å². The van der Waals surface area contributed by atoms with Crippen LogP contribution in [-0.2, 0) is 9.47 Å². The van der Waals surface area contributed by atoms with Crippen LogP contribution in [-0.4, -0.2) is 37.0 Å². The maximum Gasteiger partial charge on any atom is 0.338 e. The number of rotatable bonds is 10. The number of anilines is 2. The number of nitrogens with one attached hydrogen (secondary N) is 2. The standard InChI is InChI=1S/C28H24N2O6/c1-3-16-35-27(33)19-8-12-23(13-9-19)29-25(31)21-6-5-7-22(18-21)26(32)30-24-14-10-20(11-15-24)28(34)36-17-4-2/h3-15,18H,1-2,16-17H2,(H,29,31)(H,30,32). The molecule has 0 saturated carbocycles. The third kappa shape index (κ3) is 7.01. The van der Waals surface area contributed by atoms with Gasteiger partial charge in [-0.05, 0) is 66.7 Å². The second kappa shape index (κ2) is 12.5. The van der Waals surface area contributed by atoms with E-state index in [4.69, 9.17) is 9.47 Å². The van der Waals surface area contributed by atoms with Crippen LogP contribution in [0, 0.1) is 0 Å². The first-order chi connectivity index (χ1) is 17.4. The smallest absolute Gasteiger partial charge is 0.338 e. The molecule has 2 N–H and O–H groups in total. The minimum atomic E-state index is -0.492. The first-order valence-electron chi connectivity index (χ1n) is 10.9. The zero-order valence-corrected chi connectivity index (χ0v) is 19.4. The minimum Gasteiger partial charge on any atom is -0.458 e. The number of benzene rings is 3. The third-order valence-electron chi connectivity index (χ3n) is 4.81. The molecule has 8 heteroatoms. The van der Waals surface area contributed by atoms with Crippen molar-refractivity contribution in [2.45, 2.75) is 0 Å². The maximum atomic E-state index is 12.7. The molecule has 2 amide bonds. The molecular formula is C28H24N2O6. The molecule has 8 nitrogen and oxygen atoms in total. The summed E-state index contributed by atoms with van der Waals surface area (Å²) in [7, 11) is 0. The molecule has 3 aromatic carbocycles. The van der Waals surface area contributed by atoms with Crippen molar-refractivity contribution in [3.8, 4) is 0 Å². The topological polar surface area (TPSA) is 111 Å². The van der Waals surface area contributed by atoms with Gasteiger partial charge in [0.05, 0.1) is 11.1 Å².